The largest absolute Gasteiger partial charge is 0.487 e. The Bertz CT molecular complexity index is 1120. The summed E-state index contributed by atoms with van der Waals surface area (Å²) in [5.41, 5.74) is 1.75. The summed E-state index contributed by atoms with van der Waals surface area (Å²) >= 11 is 0. The summed E-state index contributed by atoms with van der Waals surface area (Å²) in [4.78, 5) is 16.8. The Morgan fingerprint density at radius 2 is 1.96 bits per heavy atom. The fourth-order valence-electron chi connectivity index (χ4n) is 2.73. The molecule has 0 spiro atoms. The fourth-order valence-corrected chi connectivity index (χ4v) is 2.73. The van der Waals surface area contributed by atoms with Crippen LogP contribution in [0.4, 0.5) is 14.5 Å². The predicted octanol–water partition coefficient (Wildman–Crippen LogP) is 4.44. The smallest absolute Gasteiger partial charge is 0.255 e. The average Bonchev–Trinajstić information content (AvgIpc) is 3.12. The van der Waals surface area contributed by atoms with Gasteiger partial charge in [0.25, 0.3) is 5.91 Å². The number of carbonyl (C=O) groups excluding carboxylic acids is 1. The van der Waals surface area contributed by atoms with Crippen LogP contribution < -0.4 is 10.1 Å². The van der Waals surface area contributed by atoms with Crippen molar-refractivity contribution in [2.75, 3.05) is 5.32 Å². The molecular formula is C21H15F2N3O2. The van der Waals surface area contributed by atoms with Gasteiger partial charge in [0.05, 0.1) is 11.4 Å². The van der Waals surface area contributed by atoms with Gasteiger partial charge in [-0.15, -0.1) is 0 Å². The molecule has 0 aliphatic heterocycles. The first-order valence-electron chi connectivity index (χ1n) is 8.50. The van der Waals surface area contributed by atoms with Crippen molar-refractivity contribution >= 4 is 17.2 Å². The molecule has 0 atom stereocenters. The van der Waals surface area contributed by atoms with Gasteiger partial charge in [-0.05, 0) is 42.5 Å². The highest BCUT2D eigenvalue weighted by atomic mass is 19.1. The average molecular weight is 379 g/mol. The molecule has 2 heterocycles. The number of amides is 1. The second kappa shape index (κ2) is 7.48. The molecular weight excluding hydrogens is 364 g/mol. The molecule has 0 aliphatic carbocycles. The number of ether oxygens (including phenoxy) is 1. The Hall–Kier alpha value is -3.74. The zero-order valence-electron chi connectivity index (χ0n) is 14.6. The van der Waals surface area contributed by atoms with Gasteiger partial charge in [-0.25, -0.2) is 13.8 Å². The van der Waals surface area contributed by atoms with Gasteiger partial charge in [-0.2, -0.15) is 0 Å². The quantitative estimate of drug-likeness (QED) is 0.558. The molecule has 0 radical (unpaired) electrons. The van der Waals surface area contributed by atoms with Crippen LogP contribution in [-0.4, -0.2) is 15.3 Å². The van der Waals surface area contributed by atoms with Crippen LogP contribution in [0.25, 0.3) is 5.65 Å². The Morgan fingerprint density at radius 1 is 1.07 bits per heavy atom. The number of imidazole rings is 1. The lowest BCUT2D eigenvalue weighted by Crippen LogP contribution is -2.13. The van der Waals surface area contributed by atoms with Crippen LogP contribution in [0.2, 0.25) is 0 Å². The SMILES string of the molecule is O=C(Nc1ccc(F)cc1F)c1cccc(OCc2cn3ccccc3n2)c1. The number of hydrogen-bond donors (Lipinski definition) is 1. The van der Waals surface area contributed by atoms with E-state index in [1.165, 1.54) is 6.07 Å². The van der Waals surface area contributed by atoms with Crippen molar-refractivity contribution in [2.24, 2.45) is 0 Å². The van der Waals surface area contributed by atoms with Gasteiger partial charge in [0.15, 0.2) is 0 Å². The summed E-state index contributed by atoms with van der Waals surface area (Å²) in [6.07, 6.45) is 3.76. The van der Waals surface area contributed by atoms with E-state index < -0.39 is 17.5 Å². The standard InChI is InChI=1S/C21H15F2N3O2/c22-15-7-8-19(18(23)11-15)25-21(27)14-4-3-5-17(10-14)28-13-16-12-26-9-2-1-6-20(26)24-16/h1-12H,13H2,(H,25,27). The second-order valence-electron chi connectivity index (χ2n) is 6.09. The number of pyridine rings is 1. The zero-order chi connectivity index (χ0) is 19.5. The molecule has 2 aromatic heterocycles. The predicted molar refractivity (Wildman–Crippen MR) is 100 cm³/mol. The molecule has 28 heavy (non-hydrogen) atoms. The van der Waals surface area contributed by atoms with Crippen molar-refractivity contribution in [3.05, 3.63) is 95.9 Å². The van der Waals surface area contributed by atoms with E-state index >= 15 is 0 Å². The highest BCUT2D eigenvalue weighted by Crippen LogP contribution is 2.19. The molecule has 0 saturated carbocycles. The van der Waals surface area contributed by atoms with Crippen LogP contribution in [0.3, 0.4) is 0 Å². The second-order valence-corrected chi connectivity index (χ2v) is 6.09. The minimum absolute atomic E-state index is 0.0950. The first-order chi connectivity index (χ1) is 13.6. The van der Waals surface area contributed by atoms with Gasteiger partial charge in [-0.1, -0.05) is 12.1 Å². The number of halogens is 2. The van der Waals surface area contributed by atoms with E-state index in [-0.39, 0.29) is 17.9 Å². The maximum absolute atomic E-state index is 13.7. The van der Waals surface area contributed by atoms with Crippen LogP contribution in [0.15, 0.2) is 73.1 Å². The molecule has 2 aromatic carbocycles. The van der Waals surface area contributed by atoms with E-state index in [0.29, 0.717) is 11.8 Å². The first-order valence-corrected chi connectivity index (χ1v) is 8.50. The monoisotopic (exact) mass is 379 g/mol. The lowest BCUT2D eigenvalue weighted by atomic mass is 10.2. The Morgan fingerprint density at radius 3 is 2.79 bits per heavy atom. The number of anilines is 1. The van der Waals surface area contributed by atoms with Crippen molar-refractivity contribution < 1.29 is 18.3 Å². The molecule has 0 bridgehead atoms. The third kappa shape index (κ3) is 3.83. The van der Waals surface area contributed by atoms with Crippen LogP contribution >= 0.6 is 0 Å². The summed E-state index contributed by atoms with van der Waals surface area (Å²) < 4.78 is 34.3. The fraction of sp³-hybridized carbons (Fsp3) is 0.0476. The number of hydrogen-bond acceptors (Lipinski definition) is 3. The molecule has 1 N–H and O–H groups in total. The highest BCUT2D eigenvalue weighted by molar-refractivity contribution is 6.04. The number of benzene rings is 2. The molecule has 4 aromatic rings. The molecule has 7 heteroatoms. The van der Waals surface area contributed by atoms with Gasteiger partial charge in [-0.3, -0.25) is 4.79 Å². The third-order valence-corrected chi connectivity index (χ3v) is 4.08. The van der Waals surface area contributed by atoms with Crippen molar-refractivity contribution in [3.8, 4) is 5.75 Å². The van der Waals surface area contributed by atoms with Crippen LogP contribution in [0.1, 0.15) is 16.1 Å². The highest BCUT2D eigenvalue weighted by Gasteiger charge is 2.11. The van der Waals surface area contributed by atoms with Crippen LogP contribution in [-0.2, 0) is 6.61 Å². The minimum Gasteiger partial charge on any atom is -0.487 e. The summed E-state index contributed by atoms with van der Waals surface area (Å²) in [7, 11) is 0. The van der Waals surface area contributed by atoms with Crippen LogP contribution in [0, 0.1) is 11.6 Å². The number of rotatable bonds is 5. The van der Waals surface area contributed by atoms with Crippen molar-refractivity contribution in [2.45, 2.75) is 6.61 Å². The summed E-state index contributed by atoms with van der Waals surface area (Å²) in [6.45, 7) is 0.235. The normalized spacial score (nSPS) is 10.8. The summed E-state index contributed by atoms with van der Waals surface area (Å²) in [5, 5.41) is 2.42. The Kier molecular flexibility index (Phi) is 4.72. The van der Waals surface area contributed by atoms with Crippen molar-refractivity contribution in [3.63, 3.8) is 0 Å². The molecule has 0 saturated heterocycles. The number of carbonyl (C=O) groups is 1. The number of aromatic nitrogens is 2. The van der Waals surface area contributed by atoms with Crippen LogP contribution in [0.5, 0.6) is 5.75 Å². The van der Waals surface area contributed by atoms with E-state index in [9.17, 15) is 13.6 Å². The molecule has 0 fully saturated rings. The molecule has 0 aliphatic rings. The summed E-state index contributed by atoms with van der Waals surface area (Å²) in [5.74, 6) is -1.60. The van der Waals surface area contributed by atoms with E-state index in [1.54, 1.807) is 24.3 Å². The van der Waals surface area contributed by atoms with Gasteiger partial charge < -0.3 is 14.5 Å². The van der Waals surface area contributed by atoms with E-state index in [2.05, 4.69) is 10.3 Å². The molecule has 4 rings (SSSR count). The Balaban J connectivity index is 1.45. The molecule has 5 nitrogen and oxygen atoms in total. The van der Waals surface area contributed by atoms with Crippen molar-refractivity contribution in [1.82, 2.24) is 9.38 Å². The lowest BCUT2D eigenvalue weighted by molar-refractivity contribution is 0.102. The van der Waals surface area contributed by atoms with E-state index in [0.717, 1.165) is 17.4 Å². The first kappa shape index (κ1) is 17.7. The lowest BCUT2D eigenvalue weighted by Gasteiger charge is -2.09. The van der Waals surface area contributed by atoms with Gasteiger partial charge >= 0.3 is 0 Å². The van der Waals surface area contributed by atoms with Gasteiger partial charge in [0, 0.05) is 24.0 Å². The molecule has 140 valence electrons. The number of fused-ring (bicyclic) bond motifs is 1. The van der Waals surface area contributed by atoms with E-state index in [4.69, 9.17) is 4.74 Å². The maximum atomic E-state index is 13.7. The van der Waals surface area contributed by atoms with Gasteiger partial charge in [0.1, 0.15) is 29.6 Å². The number of nitrogens with one attached hydrogen (secondary N) is 1. The van der Waals surface area contributed by atoms with E-state index in [1.807, 2.05) is 35.0 Å². The third-order valence-electron chi connectivity index (χ3n) is 4.08. The summed E-state index contributed by atoms with van der Waals surface area (Å²) in [6, 6.07) is 15.2. The van der Waals surface area contributed by atoms with Crippen molar-refractivity contribution in [1.29, 1.82) is 0 Å². The topological polar surface area (TPSA) is 55.6 Å². The van der Waals surface area contributed by atoms with Gasteiger partial charge in [0.2, 0.25) is 0 Å². The molecule has 1 amide bonds. The Labute approximate surface area is 159 Å². The maximum Gasteiger partial charge on any atom is 0.255 e. The number of nitrogens with zero attached hydrogens (tertiary/aromatic N) is 2. The minimum atomic E-state index is -0.840. The zero-order valence-corrected chi connectivity index (χ0v) is 14.6. The molecule has 0 unspecified atom stereocenters.